The van der Waals surface area contributed by atoms with Gasteiger partial charge in [0.1, 0.15) is 23.9 Å². The molecular weight excluding hydrogens is 323 g/mol. The van der Waals surface area contributed by atoms with Gasteiger partial charge in [-0.2, -0.15) is 0 Å². The van der Waals surface area contributed by atoms with Crippen molar-refractivity contribution in [1.82, 2.24) is 10.3 Å². The van der Waals surface area contributed by atoms with Crippen molar-refractivity contribution in [2.24, 2.45) is 0 Å². The molecule has 0 radical (unpaired) electrons. The summed E-state index contributed by atoms with van der Waals surface area (Å²) in [6.07, 6.45) is 2.37. The van der Waals surface area contributed by atoms with E-state index >= 15 is 0 Å². The van der Waals surface area contributed by atoms with Crippen molar-refractivity contribution >= 4 is 5.91 Å². The monoisotopic (exact) mass is 340 g/mol. The summed E-state index contributed by atoms with van der Waals surface area (Å²) in [4.78, 5) is 16.2. The molecule has 3 rings (SSSR count). The van der Waals surface area contributed by atoms with Crippen molar-refractivity contribution in [2.75, 3.05) is 6.54 Å². The highest BCUT2D eigenvalue weighted by molar-refractivity contribution is 5.91. The van der Waals surface area contributed by atoms with Crippen LogP contribution in [0.25, 0.3) is 0 Å². The van der Waals surface area contributed by atoms with Gasteiger partial charge in [0.05, 0.1) is 0 Å². The minimum atomic E-state index is -0.324. The number of aromatic nitrogens is 1. The van der Waals surface area contributed by atoms with Crippen LogP contribution in [0.5, 0.6) is 5.75 Å². The number of hydrogen-bond donors (Lipinski definition) is 1. The van der Waals surface area contributed by atoms with Gasteiger partial charge in [0.25, 0.3) is 5.91 Å². The normalized spacial score (nSPS) is 10.4. The molecule has 0 aliphatic heterocycles. The van der Waals surface area contributed by atoms with Gasteiger partial charge in [0.15, 0.2) is 5.76 Å². The molecule has 0 atom stereocenters. The molecule has 128 valence electrons. The molecule has 1 N–H and O–H groups in total. The molecule has 0 fully saturated rings. The minimum Gasteiger partial charge on any atom is -0.486 e. The van der Waals surface area contributed by atoms with Crippen LogP contribution >= 0.6 is 0 Å². The number of ether oxygens (including phenoxy) is 1. The van der Waals surface area contributed by atoms with Gasteiger partial charge in [0, 0.05) is 24.9 Å². The van der Waals surface area contributed by atoms with Crippen molar-refractivity contribution in [2.45, 2.75) is 13.0 Å². The maximum absolute atomic E-state index is 12.8. The number of carbonyl (C=O) groups is 1. The number of amides is 1. The third-order valence-electron chi connectivity index (χ3n) is 3.47. The summed E-state index contributed by atoms with van der Waals surface area (Å²) in [5.41, 5.74) is 0.913. The van der Waals surface area contributed by atoms with E-state index in [0.717, 1.165) is 5.69 Å². The molecule has 1 aromatic carbocycles. The second kappa shape index (κ2) is 8.10. The molecule has 1 amide bonds. The zero-order valence-electron chi connectivity index (χ0n) is 13.4. The van der Waals surface area contributed by atoms with Crippen molar-refractivity contribution < 1.29 is 18.3 Å². The molecule has 0 spiro atoms. The van der Waals surface area contributed by atoms with Crippen LogP contribution in [-0.2, 0) is 13.0 Å². The predicted octanol–water partition coefficient (Wildman–Crippen LogP) is 3.37. The first-order valence-corrected chi connectivity index (χ1v) is 7.86. The Kier molecular flexibility index (Phi) is 5.41. The maximum atomic E-state index is 12.8. The van der Waals surface area contributed by atoms with Gasteiger partial charge in [-0.05, 0) is 48.5 Å². The summed E-state index contributed by atoms with van der Waals surface area (Å²) < 4.78 is 23.8. The molecule has 2 heterocycles. The predicted molar refractivity (Wildman–Crippen MR) is 89.7 cm³/mol. The Morgan fingerprint density at radius 1 is 1.12 bits per heavy atom. The van der Waals surface area contributed by atoms with E-state index in [1.807, 2.05) is 18.2 Å². The summed E-state index contributed by atoms with van der Waals surface area (Å²) in [6.45, 7) is 0.630. The number of halogens is 1. The highest BCUT2D eigenvalue weighted by atomic mass is 19.1. The minimum absolute atomic E-state index is 0.160. The Morgan fingerprint density at radius 3 is 2.72 bits per heavy atom. The standard InChI is InChI=1S/C19H17FN2O3/c20-14-4-6-16(7-5-14)24-13-17-8-9-18(25-17)19(23)22-12-10-15-3-1-2-11-21-15/h1-9,11H,10,12-13H2,(H,22,23). The number of nitrogens with zero attached hydrogens (tertiary/aromatic N) is 1. The topological polar surface area (TPSA) is 64.4 Å². The number of pyridine rings is 1. The first-order valence-electron chi connectivity index (χ1n) is 7.86. The third-order valence-corrected chi connectivity index (χ3v) is 3.47. The highest BCUT2D eigenvalue weighted by Crippen LogP contribution is 2.15. The molecule has 0 bridgehead atoms. The molecule has 25 heavy (non-hydrogen) atoms. The van der Waals surface area contributed by atoms with Crippen molar-refractivity contribution in [1.29, 1.82) is 0 Å². The van der Waals surface area contributed by atoms with Gasteiger partial charge >= 0.3 is 0 Å². The molecule has 0 unspecified atom stereocenters. The van der Waals surface area contributed by atoms with E-state index in [1.54, 1.807) is 18.3 Å². The van der Waals surface area contributed by atoms with Gasteiger partial charge in [-0.3, -0.25) is 9.78 Å². The molecule has 0 saturated heterocycles. The Morgan fingerprint density at radius 2 is 1.96 bits per heavy atom. The molecule has 0 aliphatic rings. The lowest BCUT2D eigenvalue weighted by Crippen LogP contribution is -2.25. The Balaban J connectivity index is 1.47. The van der Waals surface area contributed by atoms with E-state index < -0.39 is 0 Å². The average molecular weight is 340 g/mol. The number of rotatable bonds is 7. The van der Waals surface area contributed by atoms with E-state index in [0.29, 0.717) is 24.5 Å². The smallest absolute Gasteiger partial charge is 0.287 e. The van der Waals surface area contributed by atoms with Crippen molar-refractivity contribution in [3.63, 3.8) is 0 Å². The third kappa shape index (κ3) is 4.91. The first-order chi connectivity index (χ1) is 12.2. The number of benzene rings is 1. The van der Waals surface area contributed by atoms with Crippen LogP contribution in [0.3, 0.4) is 0 Å². The van der Waals surface area contributed by atoms with E-state index in [4.69, 9.17) is 9.15 Å². The van der Waals surface area contributed by atoms with Crippen molar-refractivity contribution in [3.8, 4) is 5.75 Å². The number of carbonyl (C=O) groups excluding carboxylic acids is 1. The quantitative estimate of drug-likeness (QED) is 0.716. The number of hydrogen-bond acceptors (Lipinski definition) is 4. The van der Waals surface area contributed by atoms with E-state index in [-0.39, 0.29) is 24.1 Å². The number of nitrogens with one attached hydrogen (secondary N) is 1. The molecular formula is C19H17FN2O3. The largest absolute Gasteiger partial charge is 0.486 e. The lowest BCUT2D eigenvalue weighted by Gasteiger charge is -2.04. The molecule has 5 nitrogen and oxygen atoms in total. The van der Waals surface area contributed by atoms with Crippen LogP contribution in [0.15, 0.2) is 65.2 Å². The van der Waals surface area contributed by atoms with Crippen LogP contribution in [0.2, 0.25) is 0 Å². The second-order valence-corrected chi connectivity index (χ2v) is 5.34. The number of furan rings is 1. The SMILES string of the molecule is O=C(NCCc1ccccn1)c1ccc(COc2ccc(F)cc2)o1. The summed E-state index contributed by atoms with van der Waals surface area (Å²) >= 11 is 0. The fraction of sp³-hybridized carbons (Fsp3) is 0.158. The lowest BCUT2D eigenvalue weighted by molar-refractivity contribution is 0.0922. The van der Waals surface area contributed by atoms with E-state index in [9.17, 15) is 9.18 Å². The Bertz CT molecular complexity index is 816. The molecule has 6 heteroatoms. The van der Waals surface area contributed by atoms with Crippen LogP contribution < -0.4 is 10.1 Å². The Labute approximate surface area is 144 Å². The highest BCUT2D eigenvalue weighted by Gasteiger charge is 2.11. The zero-order chi connectivity index (χ0) is 17.5. The lowest BCUT2D eigenvalue weighted by atomic mass is 10.2. The summed E-state index contributed by atoms with van der Waals surface area (Å²) in [6, 6.07) is 14.6. The first kappa shape index (κ1) is 16.7. The van der Waals surface area contributed by atoms with Gasteiger partial charge < -0.3 is 14.5 Å². The van der Waals surface area contributed by atoms with E-state index in [2.05, 4.69) is 10.3 Å². The zero-order valence-corrected chi connectivity index (χ0v) is 13.4. The average Bonchev–Trinajstić information content (AvgIpc) is 3.11. The summed E-state index contributed by atoms with van der Waals surface area (Å²) in [5.74, 6) is 0.649. The second-order valence-electron chi connectivity index (χ2n) is 5.34. The molecule has 2 aromatic heterocycles. The summed E-state index contributed by atoms with van der Waals surface area (Å²) in [7, 11) is 0. The van der Waals surface area contributed by atoms with E-state index in [1.165, 1.54) is 24.3 Å². The summed E-state index contributed by atoms with van der Waals surface area (Å²) in [5, 5.41) is 2.79. The van der Waals surface area contributed by atoms with Crippen LogP contribution in [-0.4, -0.2) is 17.4 Å². The Hall–Kier alpha value is -3.15. The van der Waals surface area contributed by atoms with Crippen LogP contribution in [0.1, 0.15) is 22.0 Å². The van der Waals surface area contributed by atoms with Crippen molar-refractivity contribution in [3.05, 3.63) is 83.8 Å². The molecule has 0 aliphatic carbocycles. The van der Waals surface area contributed by atoms with Crippen LogP contribution in [0.4, 0.5) is 4.39 Å². The van der Waals surface area contributed by atoms with Gasteiger partial charge in [-0.25, -0.2) is 4.39 Å². The molecule has 3 aromatic rings. The molecule has 0 saturated carbocycles. The van der Waals surface area contributed by atoms with Gasteiger partial charge in [-0.1, -0.05) is 6.07 Å². The fourth-order valence-corrected chi connectivity index (χ4v) is 2.20. The van der Waals surface area contributed by atoms with Gasteiger partial charge in [0.2, 0.25) is 0 Å². The fourth-order valence-electron chi connectivity index (χ4n) is 2.20. The van der Waals surface area contributed by atoms with Gasteiger partial charge in [-0.15, -0.1) is 0 Å². The maximum Gasteiger partial charge on any atom is 0.287 e. The van der Waals surface area contributed by atoms with Crippen LogP contribution in [0, 0.1) is 5.82 Å².